The molecule has 0 aliphatic carbocycles. The normalized spacial score (nSPS) is 12.9. The molecule has 0 atom stereocenters. The SMILES string of the molecule is CN(C)c1ncc(NC(=O)N2CCc3c(CC#N)cccc3C2)cn1. The molecule has 1 N–H and O–H groups in total. The largest absolute Gasteiger partial charge is 0.347 e. The summed E-state index contributed by atoms with van der Waals surface area (Å²) >= 11 is 0. The minimum Gasteiger partial charge on any atom is -0.347 e. The first kappa shape index (κ1) is 16.7. The van der Waals surface area contributed by atoms with Gasteiger partial charge in [0.15, 0.2) is 0 Å². The van der Waals surface area contributed by atoms with Crippen LogP contribution >= 0.6 is 0 Å². The van der Waals surface area contributed by atoms with E-state index in [9.17, 15) is 4.79 Å². The first-order valence-corrected chi connectivity index (χ1v) is 8.10. The van der Waals surface area contributed by atoms with Gasteiger partial charge in [-0.25, -0.2) is 14.8 Å². The van der Waals surface area contributed by atoms with Crippen LogP contribution in [0.1, 0.15) is 16.7 Å². The van der Waals surface area contributed by atoms with Crippen molar-refractivity contribution < 1.29 is 4.79 Å². The highest BCUT2D eigenvalue weighted by Crippen LogP contribution is 2.23. The predicted octanol–water partition coefficient (Wildman–Crippen LogP) is 2.20. The van der Waals surface area contributed by atoms with Crippen LogP contribution in [-0.2, 0) is 19.4 Å². The standard InChI is InChI=1S/C18H20N6O/c1-23(2)17-20-10-15(11-21-17)22-18(25)24-9-7-16-13(6-8-19)4-3-5-14(16)12-24/h3-5,10-11H,6-7,9,12H2,1-2H3,(H,22,25). The summed E-state index contributed by atoms with van der Waals surface area (Å²) in [6, 6.07) is 7.99. The first-order valence-electron chi connectivity index (χ1n) is 8.10. The fourth-order valence-electron chi connectivity index (χ4n) is 2.93. The van der Waals surface area contributed by atoms with Gasteiger partial charge in [-0.2, -0.15) is 5.26 Å². The van der Waals surface area contributed by atoms with Gasteiger partial charge < -0.3 is 15.1 Å². The number of carbonyl (C=O) groups excluding carboxylic acids is 1. The molecule has 128 valence electrons. The van der Waals surface area contributed by atoms with E-state index in [4.69, 9.17) is 5.26 Å². The smallest absolute Gasteiger partial charge is 0.322 e. The van der Waals surface area contributed by atoms with Gasteiger partial charge in [0.1, 0.15) is 0 Å². The third-order valence-electron chi connectivity index (χ3n) is 4.21. The quantitative estimate of drug-likeness (QED) is 0.929. The van der Waals surface area contributed by atoms with Crippen molar-refractivity contribution in [1.82, 2.24) is 14.9 Å². The van der Waals surface area contributed by atoms with Crippen molar-refractivity contribution >= 4 is 17.7 Å². The van der Waals surface area contributed by atoms with Crippen LogP contribution in [-0.4, -0.2) is 41.5 Å². The second kappa shape index (κ2) is 7.18. The molecule has 2 amide bonds. The molecule has 0 bridgehead atoms. The molecule has 2 heterocycles. The fraction of sp³-hybridized carbons (Fsp3) is 0.333. The van der Waals surface area contributed by atoms with Gasteiger partial charge in [-0.1, -0.05) is 18.2 Å². The third-order valence-corrected chi connectivity index (χ3v) is 4.21. The van der Waals surface area contributed by atoms with Crippen molar-refractivity contribution in [3.8, 4) is 6.07 Å². The summed E-state index contributed by atoms with van der Waals surface area (Å²) in [5.74, 6) is 0.593. The van der Waals surface area contributed by atoms with E-state index in [1.54, 1.807) is 22.2 Å². The first-order chi connectivity index (χ1) is 12.1. The lowest BCUT2D eigenvalue weighted by atomic mass is 9.93. The number of nitrogens with one attached hydrogen (secondary N) is 1. The molecular weight excluding hydrogens is 316 g/mol. The van der Waals surface area contributed by atoms with Crippen molar-refractivity contribution in [1.29, 1.82) is 5.26 Å². The number of nitrogens with zero attached hydrogens (tertiary/aromatic N) is 5. The van der Waals surface area contributed by atoms with Gasteiger partial charge >= 0.3 is 6.03 Å². The maximum absolute atomic E-state index is 12.5. The van der Waals surface area contributed by atoms with E-state index in [1.807, 2.05) is 32.3 Å². The molecule has 0 fully saturated rings. The molecule has 0 spiro atoms. The number of aromatic nitrogens is 2. The van der Waals surface area contributed by atoms with Crippen molar-refractivity contribution in [2.24, 2.45) is 0 Å². The van der Waals surface area contributed by atoms with Crippen molar-refractivity contribution in [2.45, 2.75) is 19.4 Å². The zero-order valence-electron chi connectivity index (χ0n) is 14.4. The topological polar surface area (TPSA) is 85.2 Å². The Kier molecular flexibility index (Phi) is 4.80. The van der Waals surface area contributed by atoms with Crippen LogP contribution in [0.15, 0.2) is 30.6 Å². The van der Waals surface area contributed by atoms with Crippen LogP contribution in [0.5, 0.6) is 0 Å². The van der Waals surface area contributed by atoms with Crippen LogP contribution in [0.25, 0.3) is 0 Å². The second-order valence-corrected chi connectivity index (χ2v) is 6.16. The zero-order chi connectivity index (χ0) is 17.8. The summed E-state index contributed by atoms with van der Waals surface area (Å²) < 4.78 is 0. The number of amides is 2. The van der Waals surface area contributed by atoms with E-state index < -0.39 is 0 Å². The van der Waals surface area contributed by atoms with Crippen molar-refractivity contribution in [3.05, 3.63) is 47.3 Å². The van der Waals surface area contributed by atoms with Gasteiger partial charge in [-0.15, -0.1) is 0 Å². The summed E-state index contributed by atoms with van der Waals surface area (Å²) in [6.45, 7) is 1.16. The van der Waals surface area contributed by atoms with E-state index in [2.05, 4.69) is 21.4 Å². The lowest BCUT2D eigenvalue weighted by Gasteiger charge is -2.30. The number of benzene rings is 1. The fourth-order valence-corrected chi connectivity index (χ4v) is 2.93. The maximum atomic E-state index is 12.5. The van der Waals surface area contributed by atoms with Crippen LogP contribution < -0.4 is 10.2 Å². The minimum atomic E-state index is -0.169. The molecule has 1 aliphatic heterocycles. The van der Waals surface area contributed by atoms with Crippen molar-refractivity contribution in [3.63, 3.8) is 0 Å². The van der Waals surface area contributed by atoms with Gasteiger partial charge in [0.25, 0.3) is 0 Å². The van der Waals surface area contributed by atoms with Crippen LogP contribution in [0, 0.1) is 11.3 Å². The Morgan fingerprint density at radius 1 is 1.36 bits per heavy atom. The Bertz CT molecular complexity index is 809. The summed E-state index contributed by atoms with van der Waals surface area (Å²) in [6.07, 6.45) is 4.37. The number of hydrogen-bond donors (Lipinski definition) is 1. The van der Waals surface area contributed by atoms with E-state index >= 15 is 0 Å². The highest BCUT2D eigenvalue weighted by molar-refractivity contribution is 5.89. The molecule has 0 radical (unpaired) electrons. The van der Waals surface area contributed by atoms with E-state index in [0.717, 1.165) is 17.5 Å². The van der Waals surface area contributed by atoms with E-state index in [1.165, 1.54) is 5.56 Å². The number of hydrogen-bond acceptors (Lipinski definition) is 5. The Balaban J connectivity index is 1.68. The Hall–Kier alpha value is -3.14. The molecule has 0 saturated carbocycles. The number of nitriles is 1. The summed E-state index contributed by atoms with van der Waals surface area (Å²) in [4.78, 5) is 24.5. The van der Waals surface area contributed by atoms with E-state index in [-0.39, 0.29) is 6.03 Å². The molecule has 1 aromatic carbocycles. The maximum Gasteiger partial charge on any atom is 0.322 e. The molecule has 7 nitrogen and oxygen atoms in total. The number of urea groups is 1. The molecule has 0 unspecified atom stereocenters. The predicted molar refractivity (Wildman–Crippen MR) is 95.3 cm³/mol. The lowest BCUT2D eigenvalue weighted by molar-refractivity contribution is 0.206. The van der Waals surface area contributed by atoms with Crippen LogP contribution in [0.2, 0.25) is 0 Å². The molecule has 1 aliphatic rings. The Morgan fingerprint density at radius 2 is 2.12 bits per heavy atom. The van der Waals surface area contributed by atoms with Gasteiger partial charge in [0, 0.05) is 27.2 Å². The number of anilines is 2. The summed E-state index contributed by atoms with van der Waals surface area (Å²) in [5.41, 5.74) is 3.94. The molecule has 7 heteroatoms. The zero-order valence-corrected chi connectivity index (χ0v) is 14.4. The Morgan fingerprint density at radius 3 is 2.80 bits per heavy atom. The molecule has 25 heavy (non-hydrogen) atoms. The van der Waals surface area contributed by atoms with Crippen LogP contribution in [0.4, 0.5) is 16.4 Å². The minimum absolute atomic E-state index is 0.169. The van der Waals surface area contributed by atoms with Gasteiger partial charge in [0.05, 0.1) is 30.6 Å². The summed E-state index contributed by atoms with van der Waals surface area (Å²) in [7, 11) is 3.72. The van der Waals surface area contributed by atoms with E-state index in [0.29, 0.717) is 31.1 Å². The highest BCUT2D eigenvalue weighted by atomic mass is 16.2. The molecule has 0 saturated heterocycles. The highest BCUT2D eigenvalue weighted by Gasteiger charge is 2.22. The Labute approximate surface area is 146 Å². The number of fused-ring (bicyclic) bond motifs is 1. The second-order valence-electron chi connectivity index (χ2n) is 6.16. The number of carbonyl (C=O) groups is 1. The molecule has 2 aromatic rings. The van der Waals surface area contributed by atoms with Gasteiger partial charge in [-0.3, -0.25) is 0 Å². The van der Waals surface area contributed by atoms with Crippen LogP contribution in [0.3, 0.4) is 0 Å². The molecular formula is C18H20N6O. The molecule has 3 rings (SSSR count). The lowest BCUT2D eigenvalue weighted by Crippen LogP contribution is -2.39. The van der Waals surface area contributed by atoms with Crippen molar-refractivity contribution in [2.75, 3.05) is 30.9 Å². The average Bonchev–Trinajstić information content (AvgIpc) is 2.62. The average molecular weight is 336 g/mol. The van der Waals surface area contributed by atoms with Gasteiger partial charge in [0.2, 0.25) is 5.95 Å². The number of rotatable bonds is 3. The van der Waals surface area contributed by atoms with Gasteiger partial charge in [-0.05, 0) is 23.1 Å². The monoisotopic (exact) mass is 336 g/mol. The third kappa shape index (κ3) is 3.69. The summed E-state index contributed by atoms with van der Waals surface area (Å²) in [5, 5.41) is 11.8. The molecule has 1 aromatic heterocycles.